The van der Waals surface area contributed by atoms with E-state index in [1.807, 2.05) is 18.2 Å². The topological polar surface area (TPSA) is 75.7 Å². The number of carbonyl (C=O) groups is 1. The van der Waals surface area contributed by atoms with Crippen LogP contribution in [-0.2, 0) is 27.7 Å². The number of nitrogens with one attached hydrogen (secondary N) is 1. The summed E-state index contributed by atoms with van der Waals surface area (Å²) in [6, 6.07) is 11.9. The fraction of sp³-hybridized carbons (Fsp3) is 0.286. The standard InChI is InChI=1S/C21H24N2O4S/c1-3-13-23(28(25,26)20-11-9-19(27-2)10-12-20)15-21(24)22-18-8-7-16-5-4-6-17(16)14-18/h3,7-12,14H,1,4-6,13,15H2,2H3,(H,22,24). The van der Waals surface area contributed by atoms with Gasteiger partial charge in [0, 0.05) is 12.2 Å². The number of carbonyl (C=O) groups excluding carboxylic acids is 1. The van der Waals surface area contributed by atoms with E-state index < -0.39 is 15.9 Å². The number of methoxy groups -OCH3 is 1. The van der Waals surface area contributed by atoms with Crippen LogP contribution in [0.5, 0.6) is 5.75 Å². The molecule has 0 unspecified atom stereocenters. The van der Waals surface area contributed by atoms with Gasteiger partial charge in [-0.3, -0.25) is 4.79 Å². The molecule has 7 heteroatoms. The summed E-state index contributed by atoms with van der Waals surface area (Å²) in [5.41, 5.74) is 3.24. The first kappa shape index (κ1) is 20.1. The molecule has 0 aliphatic heterocycles. The molecule has 1 amide bonds. The molecule has 3 rings (SSSR count). The van der Waals surface area contributed by atoms with Crippen molar-refractivity contribution in [1.82, 2.24) is 4.31 Å². The zero-order valence-corrected chi connectivity index (χ0v) is 16.7. The Morgan fingerprint density at radius 3 is 2.57 bits per heavy atom. The van der Waals surface area contributed by atoms with Gasteiger partial charge in [-0.1, -0.05) is 12.1 Å². The van der Waals surface area contributed by atoms with Crippen LogP contribution in [0.15, 0.2) is 60.0 Å². The Balaban J connectivity index is 1.74. The predicted molar refractivity (Wildman–Crippen MR) is 109 cm³/mol. The lowest BCUT2D eigenvalue weighted by atomic mass is 10.1. The van der Waals surface area contributed by atoms with Crippen molar-refractivity contribution in [2.45, 2.75) is 24.2 Å². The molecule has 0 radical (unpaired) electrons. The van der Waals surface area contributed by atoms with Crippen molar-refractivity contribution in [3.63, 3.8) is 0 Å². The Hall–Kier alpha value is -2.64. The molecule has 2 aromatic rings. The summed E-state index contributed by atoms with van der Waals surface area (Å²) >= 11 is 0. The SMILES string of the molecule is C=CCN(CC(=O)Nc1ccc2c(c1)CCC2)S(=O)(=O)c1ccc(OC)cc1. The molecule has 1 aliphatic carbocycles. The monoisotopic (exact) mass is 400 g/mol. The molecular formula is C21H24N2O4S. The van der Waals surface area contributed by atoms with Gasteiger partial charge in [-0.2, -0.15) is 4.31 Å². The van der Waals surface area contributed by atoms with E-state index in [9.17, 15) is 13.2 Å². The summed E-state index contributed by atoms with van der Waals surface area (Å²) in [4.78, 5) is 12.6. The molecule has 0 atom stereocenters. The zero-order valence-electron chi connectivity index (χ0n) is 15.8. The smallest absolute Gasteiger partial charge is 0.243 e. The van der Waals surface area contributed by atoms with Gasteiger partial charge in [-0.25, -0.2) is 8.42 Å². The maximum Gasteiger partial charge on any atom is 0.243 e. The average Bonchev–Trinajstić information content (AvgIpc) is 3.15. The molecule has 0 heterocycles. The third-order valence-corrected chi connectivity index (χ3v) is 6.56. The number of aryl methyl sites for hydroxylation is 2. The number of hydrogen-bond acceptors (Lipinski definition) is 4. The predicted octanol–water partition coefficient (Wildman–Crippen LogP) is 3.00. The number of benzene rings is 2. The summed E-state index contributed by atoms with van der Waals surface area (Å²) in [5, 5.41) is 2.80. The number of ether oxygens (including phenoxy) is 1. The summed E-state index contributed by atoms with van der Waals surface area (Å²) < 4.78 is 32.0. The molecule has 1 aliphatic rings. The minimum absolute atomic E-state index is 0.0337. The number of rotatable bonds is 8. The van der Waals surface area contributed by atoms with Crippen LogP contribution in [0.2, 0.25) is 0 Å². The lowest BCUT2D eigenvalue weighted by Crippen LogP contribution is -2.38. The summed E-state index contributed by atoms with van der Waals surface area (Å²) in [5.74, 6) is 0.167. The molecule has 148 valence electrons. The van der Waals surface area contributed by atoms with E-state index in [-0.39, 0.29) is 18.0 Å². The van der Waals surface area contributed by atoms with E-state index in [2.05, 4.69) is 11.9 Å². The van der Waals surface area contributed by atoms with Gasteiger partial charge < -0.3 is 10.1 Å². The maximum atomic E-state index is 12.9. The van der Waals surface area contributed by atoms with Crippen LogP contribution in [0.1, 0.15) is 17.5 Å². The second-order valence-corrected chi connectivity index (χ2v) is 8.58. The summed E-state index contributed by atoms with van der Waals surface area (Å²) in [6.07, 6.45) is 4.66. The van der Waals surface area contributed by atoms with E-state index in [0.717, 1.165) is 23.6 Å². The number of sulfonamides is 1. The van der Waals surface area contributed by atoms with Gasteiger partial charge in [-0.15, -0.1) is 6.58 Å². The van der Waals surface area contributed by atoms with Crippen LogP contribution in [-0.4, -0.2) is 38.8 Å². The van der Waals surface area contributed by atoms with Crippen LogP contribution < -0.4 is 10.1 Å². The average molecular weight is 401 g/mol. The molecule has 0 aromatic heterocycles. The minimum atomic E-state index is -3.84. The molecule has 0 bridgehead atoms. The third-order valence-electron chi connectivity index (χ3n) is 4.73. The van der Waals surface area contributed by atoms with Crippen molar-refractivity contribution >= 4 is 21.6 Å². The van der Waals surface area contributed by atoms with Crippen LogP contribution >= 0.6 is 0 Å². The van der Waals surface area contributed by atoms with Gasteiger partial charge in [0.2, 0.25) is 15.9 Å². The molecule has 2 aromatic carbocycles. The van der Waals surface area contributed by atoms with Gasteiger partial charge in [0.15, 0.2) is 0 Å². The van der Waals surface area contributed by atoms with Crippen LogP contribution in [0.3, 0.4) is 0 Å². The summed E-state index contributed by atoms with van der Waals surface area (Å²) in [7, 11) is -2.33. The number of nitrogens with zero attached hydrogens (tertiary/aromatic N) is 1. The Labute approximate surface area is 165 Å². The Bertz CT molecular complexity index is 968. The first-order valence-corrected chi connectivity index (χ1v) is 10.5. The van der Waals surface area contributed by atoms with Gasteiger partial charge in [-0.05, 0) is 66.8 Å². The Kier molecular flexibility index (Phi) is 6.16. The van der Waals surface area contributed by atoms with Gasteiger partial charge in [0.1, 0.15) is 5.75 Å². The maximum absolute atomic E-state index is 12.9. The van der Waals surface area contributed by atoms with E-state index in [4.69, 9.17) is 4.74 Å². The van der Waals surface area contributed by atoms with E-state index in [0.29, 0.717) is 11.4 Å². The van der Waals surface area contributed by atoms with E-state index >= 15 is 0 Å². The lowest BCUT2D eigenvalue weighted by Gasteiger charge is -2.20. The van der Waals surface area contributed by atoms with Gasteiger partial charge >= 0.3 is 0 Å². The number of amides is 1. The van der Waals surface area contributed by atoms with Crippen molar-refractivity contribution < 1.29 is 17.9 Å². The van der Waals surface area contributed by atoms with E-state index in [1.165, 1.54) is 36.4 Å². The Morgan fingerprint density at radius 1 is 1.18 bits per heavy atom. The molecule has 0 saturated heterocycles. The number of hydrogen-bond donors (Lipinski definition) is 1. The van der Waals surface area contributed by atoms with Crippen molar-refractivity contribution in [3.8, 4) is 5.75 Å². The van der Waals surface area contributed by atoms with E-state index in [1.54, 1.807) is 12.1 Å². The molecular weight excluding hydrogens is 376 g/mol. The molecule has 0 fully saturated rings. The Morgan fingerprint density at radius 2 is 1.89 bits per heavy atom. The van der Waals surface area contributed by atoms with Crippen LogP contribution in [0, 0.1) is 0 Å². The van der Waals surface area contributed by atoms with Gasteiger partial charge in [0.25, 0.3) is 0 Å². The van der Waals surface area contributed by atoms with Gasteiger partial charge in [0.05, 0.1) is 18.6 Å². The zero-order chi connectivity index (χ0) is 20.1. The quantitative estimate of drug-likeness (QED) is 0.691. The highest BCUT2D eigenvalue weighted by Gasteiger charge is 2.26. The molecule has 28 heavy (non-hydrogen) atoms. The molecule has 6 nitrogen and oxygen atoms in total. The van der Waals surface area contributed by atoms with Crippen molar-refractivity contribution in [2.75, 3.05) is 25.5 Å². The first-order chi connectivity index (χ1) is 13.4. The number of anilines is 1. The lowest BCUT2D eigenvalue weighted by molar-refractivity contribution is -0.116. The molecule has 0 saturated carbocycles. The second-order valence-electron chi connectivity index (χ2n) is 6.65. The highest BCUT2D eigenvalue weighted by atomic mass is 32.2. The second kappa shape index (κ2) is 8.58. The highest BCUT2D eigenvalue weighted by molar-refractivity contribution is 7.89. The van der Waals surface area contributed by atoms with Crippen molar-refractivity contribution in [1.29, 1.82) is 0 Å². The molecule has 1 N–H and O–H groups in total. The van der Waals surface area contributed by atoms with Crippen molar-refractivity contribution in [2.24, 2.45) is 0 Å². The van der Waals surface area contributed by atoms with Crippen LogP contribution in [0.4, 0.5) is 5.69 Å². The third kappa shape index (κ3) is 4.43. The summed E-state index contributed by atoms with van der Waals surface area (Å²) in [6.45, 7) is 3.35. The fourth-order valence-corrected chi connectivity index (χ4v) is 4.67. The molecule has 0 spiro atoms. The minimum Gasteiger partial charge on any atom is -0.497 e. The van der Waals surface area contributed by atoms with Crippen molar-refractivity contribution in [3.05, 3.63) is 66.2 Å². The number of fused-ring (bicyclic) bond motifs is 1. The first-order valence-electron chi connectivity index (χ1n) is 9.11. The largest absolute Gasteiger partial charge is 0.497 e. The van der Waals surface area contributed by atoms with Crippen LogP contribution in [0.25, 0.3) is 0 Å². The highest BCUT2D eigenvalue weighted by Crippen LogP contribution is 2.25. The fourth-order valence-electron chi connectivity index (χ4n) is 3.30. The normalized spacial score (nSPS) is 13.2.